The standard InChI is InChI=1S/C19H28N2/c1-15(2)11-12-21-14-19(3,17-7-5-4-6-8-17)20-13-18(21)16-9-10-16/h4-8,11,16,18,20H,9-10,12-14H2,1-3H3. The van der Waals surface area contributed by atoms with Crippen molar-refractivity contribution in [3.8, 4) is 0 Å². The molecule has 2 atom stereocenters. The third-order valence-corrected chi connectivity index (χ3v) is 5.00. The monoisotopic (exact) mass is 284 g/mol. The van der Waals surface area contributed by atoms with Crippen LogP contribution < -0.4 is 5.32 Å². The molecule has 1 aromatic rings. The molecule has 1 aliphatic heterocycles. The van der Waals surface area contributed by atoms with Gasteiger partial charge in [-0.15, -0.1) is 0 Å². The molecule has 1 N–H and O–H groups in total. The van der Waals surface area contributed by atoms with Crippen molar-refractivity contribution in [3.63, 3.8) is 0 Å². The first-order chi connectivity index (χ1) is 10.1. The predicted octanol–water partition coefficient (Wildman–Crippen LogP) is 3.55. The van der Waals surface area contributed by atoms with Gasteiger partial charge >= 0.3 is 0 Å². The maximum absolute atomic E-state index is 3.84. The first kappa shape index (κ1) is 14.8. The topological polar surface area (TPSA) is 15.3 Å². The van der Waals surface area contributed by atoms with E-state index in [1.807, 2.05) is 0 Å². The van der Waals surface area contributed by atoms with Crippen LogP contribution in [-0.4, -0.2) is 30.6 Å². The van der Waals surface area contributed by atoms with Gasteiger partial charge in [-0.1, -0.05) is 42.0 Å². The van der Waals surface area contributed by atoms with Gasteiger partial charge in [0.2, 0.25) is 0 Å². The Morgan fingerprint density at radius 3 is 2.62 bits per heavy atom. The average Bonchev–Trinajstić information content (AvgIpc) is 3.31. The Balaban J connectivity index is 1.78. The molecule has 1 aliphatic carbocycles. The van der Waals surface area contributed by atoms with Gasteiger partial charge in [-0.2, -0.15) is 0 Å². The normalized spacial score (nSPS) is 30.1. The molecule has 2 heteroatoms. The van der Waals surface area contributed by atoms with Crippen molar-refractivity contribution in [1.82, 2.24) is 10.2 Å². The number of piperazine rings is 1. The zero-order valence-electron chi connectivity index (χ0n) is 13.6. The van der Waals surface area contributed by atoms with Crippen LogP contribution >= 0.6 is 0 Å². The van der Waals surface area contributed by atoms with Crippen LogP contribution in [0.25, 0.3) is 0 Å². The highest BCUT2D eigenvalue weighted by Crippen LogP contribution is 2.38. The number of hydrogen-bond donors (Lipinski definition) is 1. The minimum absolute atomic E-state index is 0.0716. The summed E-state index contributed by atoms with van der Waals surface area (Å²) in [5.74, 6) is 0.920. The molecule has 1 saturated carbocycles. The first-order valence-corrected chi connectivity index (χ1v) is 8.26. The second kappa shape index (κ2) is 5.94. The van der Waals surface area contributed by atoms with Crippen LogP contribution in [0.15, 0.2) is 42.0 Å². The minimum atomic E-state index is 0.0716. The molecule has 2 nitrogen and oxygen atoms in total. The van der Waals surface area contributed by atoms with Gasteiger partial charge in [0.25, 0.3) is 0 Å². The van der Waals surface area contributed by atoms with Crippen LogP contribution in [0.5, 0.6) is 0 Å². The molecule has 0 bridgehead atoms. The molecule has 0 aromatic heterocycles. The van der Waals surface area contributed by atoms with E-state index in [4.69, 9.17) is 0 Å². The molecule has 21 heavy (non-hydrogen) atoms. The van der Waals surface area contributed by atoms with E-state index in [9.17, 15) is 0 Å². The number of benzene rings is 1. The smallest absolute Gasteiger partial charge is 0.0535 e. The molecule has 1 heterocycles. The van der Waals surface area contributed by atoms with Gasteiger partial charge in [-0.05, 0) is 45.1 Å². The summed E-state index contributed by atoms with van der Waals surface area (Å²) in [5, 5.41) is 3.84. The molecule has 0 amide bonds. The van der Waals surface area contributed by atoms with Gasteiger partial charge in [0.15, 0.2) is 0 Å². The molecule has 114 valence electrons. The fraction of sp³-hybridized carbons (Fsp3) is 0.579. The summed E-state index contributed by atoms with van der Waals surface area (Å²) in [7, 11) is 0. The Labute approximate surface area is 129 Å². The molecule has 2 fully saturated rings. The minimum Gasteiger partial charge on any atom is -0.305 e. The van der Waals surface area contributed by atoms with E-state index < -0.39 is 0 Å². The van der Waals surface area contributed by atoms with Crippen molar-refractivity contribution >= 4 is 0 Å². The molecular formula is C19H28N2. The van der Waals surface area contributed by atoms with E-state index in [-0.39, 0.29) is 5.54 Å². The van der Waals surface area contributed by atoms with Crippen molar-refractivity contribution < 1.29 is 0 Å². The highest BCUT2D eigenvalue weighted by Gasteiger charge is 2.42. The summed E-state index contributed by atoms with van der Waals surface area (Å²) in [6, 6.07) is 11.6. The Bertz CT molecular complexity index is 500. The van der Waals surface area contributed by atoms with E-state index in [0.717, 1.165) is 31.6 Å². The maximum Gasteiger partial charge on any atom is 0.0535 e. The van der Waals surface area contributed by atoms with Crippen LogP contribution in [0.4, 0.5) is 0 Å². The quantitative estimate of drug-likeness (QED) is 0.851. The van der Waals surface area contributed by atoms with Crippen LogP contribution in [0, 0.1) is 5.92 Å². The van der Waals surface area contributed by atoms with E-state index in [1.165, 1.54) is 24.0 Å². The molecule has 2 aliphatic rings. The Kier molecular flexibility index (Phi) is 4.19. The highest BCUT2D eigenvalue weighted by molar-refractivity contribution is 5.25. The summed E-state index contributed by atoms with van der Waals surface area (Å²) in [4.78, 5) is 2.70. The first-order valence-electron chi connectivity index (χ1n) is 8.26. The fourth-order valence-corrected chi connectivity index (χ4v) is 3.48. The van der Waals surface area contributed by atoms with Gasteiger partial charge in [-0.3, -0.25) is 4.90 Å². The summed E-state index contributed by atoms with van der Waals surface area (Å²) in [6.07, 6.45) is 5.21. The third-order valence-electron chi connectivity index (χ3n) is 5.00. The zero-order chi connectivity index (χ0) is 14.9. The van der Waals surface area contributed by atoms with Crippen molar-refractivity contribution in [2.45, 2.75) is 45.2 Å². The average molecular weight is 284 g/mol. The van der Waals surface area contributed by atoms with Crippen molar-refractivity contribution in [2.24, 2.45) is 5.92 Å². The number of rotatable bonds is 4. The van der Waals surface area contributed by atoms with Crippen molar-refractivity contribution in [2.75, 3.05) is 19.6 Å². The second-order valence-corrected chi connectivity index (χ2v) is 7.19. The van der Waals surface area contributed by atoms with Gasteiger partial charge < -0.3 is 5.32 Å². The van der Waals surface area contributed by atoms with E-state index in [2.05, 4.69) is 67.4 Å². The lowest BCUT2D eigenvalue weighted by Gasteiger charge is -2.46. The summed E-state index contributed by atoms with van der Waals surface area (Å²) < 4.78 is 0. The molecular weight excluding hydrogens is 256 g/mol. The summed E-state index contributed by atoms with van der Waals surface area (Å²) in [5.41, 5.74) is 2.90. The van der Waals surface area contributed by atoms with Crippen LogP contribution in [-0.2, 0) is 5.54 Å². The summed E-state index contributed by atoms with van der Waals surface area (Å²) >= 11 is 0. The number of allylic oxidation sites excluding steroid dienone is 1. The molecule has 2 unspecified atom stereocenters. The lowest BCUT2D eigenvalue weighted by molar-refractivity contribution is 0.0847. The Morgan fingerprint density at radius 1 is 1.29 bits per heavy atom. The van der Waals surface area contributed by atoms with Gasteiger partial charge in [0.05, 0.1) is 5.54 Å². The fourth-order valence-electron chi connectivity index (χ4n) is 3.48. The van der Waals surface area contributed by atoms with E-state index >= 15 is 0 Å². The lowest BCUT2D eigenvalue weighted by Crippen LogP contribution is -2.61. The third kappa shape index (κ3) is 3.38. The molecule has 1 aromatic carbocycles. The van der Waals surface area contributed by atoms with Crippen LogP contribution in [0.1, 0.15) is 39.2 Å². The van der Waals surface area contributed by atoms with E-state index in [0.29, 0.717) is 0 Å². The second-order valence-electron chi connectivity index (χ2n) is 7.19. The van der Waals surface area contributed by atoms with Gasteiger partial charge in [0, 0.05) is 25.7 Å². The lowest BCUT2D eigenvalue weighted by atomic mass is 9.87. The molecule has 0 spiro atoms. The highest BCUT2D eigenvalue weighted by atomic mass is 15.3. The maximum atomic E-state index is 3.84. The molecule has 3 rings (SSSR count). The molecule has 1 saturated heterocycles. The number of nitrogens with zero attached hydrogens (tertiary/aromatic N) is 1. The number of nitrogens with one attached hydrogen (secondary N) is 1. The van der Waals surface area contributed by atoms with Crippen molar-refractivity contribution in [3.05, 3.63) is 47.5 Å². The largest absolute Gasteiger partial charge is 0.305 e. The predicted molar refractivity (Wildman–Crippen MR) is 89.3 cm³/mol. The Hall–Kier alpha value is -1.12. The SMILES string of the molecule is CC(C)=CCN1CC(C)(c2ccccc2)NCC1C1CC1. The van der Waals surface area contributed by atoms with Gasteiger partial charge in [-0.25, -0.2) is 0 Å². The van der Waals surface area contributed by atoms with Crippen LogP contribution in [0.2, 0.25) is 0 Å². The summed E-state index contributed by atoms with van der Waals surface area (Å²) in [6.45, 7) is 10.1. The van der Waals surface area contributed by atoms with Gasteiger partial charge in [0.1, 0.15) is 0 Å². The number of hydrogen-bond acceptors (Lipinski definition) is 2. The Morgan fingerprint density at radius 2 is 2.00 bits per heavy atom. The molecule has 0 radical (unpaired) electrons. The van der Waals surface area contributed by atoms with E-state index in [1.54, 1.807) is 0 Å². The zero-order valence-corrected chi connectivity index (χ0v) is 13.6. The van der Waals surface area contributed by atoms with Crippen molar-refractivity contribution in [1.29, 1.82) is 0 Å². The van der Waals surface area contributed by atoms with Crippen LogP contribution in [0.3, 0.4) is 0 Å².